The van der Waals surface area contributed by atoms with Crippen LogP contribution in [0.3, 0.4) is 0 Å². The molecule has 2 N–H and O–H groups in total. The zero-order valence-corrected chi connectivity index (χ0v) is 11.5. The molecular weight excluding hydrogens is 260 g/mol. The summed E-state index contributed by atoms with van der Waals surface area (Å²) in [7, 11) is 0. The number of ether oxygens (including phenoxy) is 1. The maximum absolute atomic E-state index is 12.3. The lowest BCUT2D eigenvalue weighted by molar-refractivity contribution is -0.166. The lowest BCUT2D eigenvalue weighted by Crippen LogP contribution is -2.45. The van der Waals surface area contributed by atoms with E-state index < -0.39 is 28.7 Å². The number of fused-ring (bicyclic) bond motifs is 1. The van der Waals surface area contributed by atoms with Gasteiger partial charge in [-0.05, 0) is 30.8 Å². The Morgan fingerprint density at radius 3 is 2.70 bits per heavy atom. The van der Waals surface area contributed by atoms with Gasteiger partial charge in [-0.3, -0.25) is 9.59 Å². The van der Waals surface area contributed by atoms with E-state index in [1.54, 1.807) is 6.08 Å². The highest BCUT2D eigenvalue weighted by molar-refractivity contribution is 5.93. The molecule has 0 spiro atoms. The minimum absolute atomic E-state index is 0.106. The quantitative estimate of drug-likeness (QED) is 0.540. The highest BCUT2D eigenvalue weighted by atomic mass is 16.6. The Labute approximate surface area is 116 Å². The molecule has 0 aromatic heterocycles. The van der Waals surface area contributed by atoms with E-state index >= 15 is 0 Å². The Bertz CT molecular complexity index is 579. The number of aldehydes is 1. The molecule has 4 aliphatic rings. The predicted octanol–water partition coefficient (Wildman–Crippen LogP) is 0.544. The van der Waals surface area contributed by atoms with Gasteiger partial charge in [-0.2, -0.15) is 0 Å². The summed E-state index contributed by atoms with van der Waals surface area (Å²) in [4.78, 5) is 23.7. The zero-order valence-electron chi connectivity index (χ0n) is 11.5. The largest absolute Gasteiger partial charge is 0.434 e. The average Bonchev–Trinajstić information content (AvgIpc) is 2.91. The summed E-state index contributed by atoms with van der Waals surface area (Å²) in [6.07, 6.45) is 2.59. The third kappa shape index (κ3) is 1.03. The molecule has 2 saturated carbocycles. The van der Waals surface area contributed by atoms with E-state index in [1.807, 2.05) is 0 Å². The van der Waals surface area contributed by atoms with E-state index in [9.17, 15) is 19.8 Å². The van der Waals surface area contributed by atoms with Crippen molar-refractivity contribution in [2.75, 3.05) is 0 Å². The molecule has 5 atom stereocenters. The van der Waals surface area contributed by atoms with E-state index in [4.69, 9.17) is 4.74 Å². The SMILES string of the molecule is CC1(C)C[C@@H]2[C@@]34C[C@]3(C(C=O)=C[C@]2(O)C1)[C@@H](O)OC4=O. The maximum Gasteiger partial charge on any atom is 0.316 e. The number of aliphatic hydroxyl groups is 2. The van der Waals surface area contributed by atoms with E-state index in [-0.39, 0.29) is 11.3 Å². The number of cyclic esters (lactones) is 1. The highest BCUT2D eigenvalue weighted by Crippen LogP contribution is 2.82. The fraction of sp³-hybridized carbons (Fsp3) is 0.733. The predicted molar refractivity (Wildman–Crippen MR) is 67.2 cm³/mol. The summed E-state index contributed by atoms with van der Waals surface area (Å²) in [6.45, 7) is 4.10. The Hall–Kier alpha value is -1.20. The van der Waals surface area contributed by atoms with Crippen LogP contribution in [0.4, 0.5) is 0 Å². The molecule has 20 heavy (non-hydrogen) atoms. The first-order chi connectivity index (χ1) is 9.22. The van der Waals surface area contributed by atoms with Gasteiger partial charge in [-0.15, -0.1) is 0 Å². The van der Waals surface area contributed by atoms with Gasteiger partial charge in [0.15, 0.2) is 0 Å². The van der Waals surface area contributed by atoms with Crippen LogP contribution in [-0.4, -0.2) is 34.4 Å². The van der Waals surface area contributed by atoms with Gasteiger partial charge < -0.3 is 14.9 Å². The summed E-state index contributed by atoms with van der Waals surface area (Å²) >= 11 is 0. The van der Waals surface area contributed by atoms with Crippen molar-refractivity contribution in [2.45, 2.75) is 45.0 Å². The highest BCUT2D eigenvalue weighted by Gasteiger charge is 2.89. The van der Waals surface area contributed by atoms with Crippen LogP contribution in [-0.2, 0) is 14.3 Å². The normalized spacial score (nSPS) is 54.4. The van der Waals surface area contributed by atoms with Crippen molar-refractivity contribution < 1.29 is 24.5 Å². The summed E-state index contributed by atoms with van der Waals surface area (Å²) < 4.78 is 5.01. The molecule has 1 aliphatic heterocycles. The third-order valence-electron chi connectivity index (χ3n) is 6.00. The summed E-state index contributed by atoms with van der Waals surface area (Å²) in [5, 5.41) is 21.1. The fourth-order valence-corrected chi connectivity index (χ4v) is 5.32. The maximum atomic E-state index is 12.3. The lowest BCUT2D eigenvalue weighted by Gasteiger charge is -2.37. The molecule has 0 amide bonds. The van der Waals surface area contributed by atoms with Gasteiger partial charge in [-0.25, -0.2) is 0 Å². The van der Waals surface area contributed by atoms with Crippen molar-refractivity contribution in [3.05, 3.63) is 11.6 Å². The van der Waals surface area contributed by atoms with Gasteiger partial charge in [-0.1, -0.05) is 13.8 Å². The van der Waals surface area contributed by atoms with Crippen molar-refractivity contribution >= 4 is 12.3 Å². The van der Waals surface area contributed by atoms with Gasteiger partial charge in [0.05, 0.1) is 16.4 Å². The molecule has 1 heterocycles. The Kier molecular flexibility index (Phi) is 1.89. The van der Waals surface area contributed by atoms with Crippen LogP contribution in [0.15, 0.2) is 11.6 Å². The van der Waals surface area contributed by atoms with Crippen LogP contribution in [0, 0.1) is 22.2 Å². The van der Waals surface area contributed by atoms with Gasteiger partial charge >= 0.3 is 5.97 Å². The smallest absolute Gasteiger partial charge is 0.316 e. The van der Waals surface area contributed by atoms with Crippen LogP contribution in [0.25, 0.3) is 0 Å². The Balaban J connectivity index is 1.94. The molecule has 5 nitrogen and oxygen atoms in total. The molecule has 3 aliphatic carbocycles. The Morgan fingerprint density at radius 1 is 1.35 bits per heavy atom. The fourth-order valence-electron chi connectivity index (χ4n) is 5.32. The topological polar surface area (TPSA) is 83.8 Å². The minimum Gasteiger partial charge on any atom is -0.434 e. The van der Waals surface area contributed by atoms with Crippen LogP contribution >= 0.6 is 0 Å². The van der Waals surface area contributed by atoms with Crippen molar-refractivity contribution in [1.29, 1.82) is 0 Å². The van der Waals surface area contributed by atoms with Crippen LogP contribution in [0.1, 0.15) is 33.1 Å². The molecule has 0 unspecified atom stereocenters. The first-order valence-electron chi connectivity index (χ1n) is 7.02. The molecule has 5 heteroatoms. The standard InChI is InChI=1S/C15H18O5/c1-12(2)4-9-13(19,6-12)3-8(5-16)14-7-15(9,14)11(18)20-10(14)17/h3,5,9-10,17,19H,4,6-7H2,1-2H3/t9-,10-,13-,14-,15+/m0/s1. The zero-order chi connectivity index (χ0) is 14.6. The van der Waals surface area contributed by atoms with Crippen LogP contribution < -0.4 is 0 Å². The van der Waals surface area contributed by atoms with Crippen molar-refractivity contribution in [3.8, 4) is 0 Å². The number of hydrogen-bond donors (Lipinski definition) is 2. The second-order valence-corrected chi connectivity index (χ2v) is 7.68. The first-order valence-corrected chi connectivity index (χ1v) is 7.02. The van der Waals surface area contributed by atoms with Crippen LogP contribution in [0.5, 0.6) is 0 Å². The number of carbonyl (C=O) groups excluding carboxylic acids is 2. The number of hydrogen-bond acceptors (Lipinski definition) is 5. The van der Waals surface area contributed by atoms with Crippen LogP contribution in [0.2, 0.25) is 0 Å². The molecule has 3 fully saturated rings. The molecular formula is C15H18O5. The molecule has 0 bridgehead atoms. The van der Waals surface area contributed by atoms with Crippen molar-refractivity contribution in [3.63, 3.8) is 0 Å². The van der Waals surface area contributed by atoms with Gasteiger partial charge in [0.25, 0.3) is 0 Å². The number of aliphatic hydroxyl groups excluding tert-OH is 1. The first kappa shape index (κ1) is 12.5. The number of carbonyl (C=O) groups is 2. The van der Waals surface area contributed by atoms with Crippen molar-refractivity contribution in [2.24, 2.45) is 22.2 Å². The lowest BCUT2D eigenvalue weighted by atomic mass is 9.67. The van der Waals surface area contributed by atoms with Crippen molar-refractivity contribution in [1.82, 2.24) is 0 Å². The molecule has 108 valence electrons. The summed E-state index contributed by atoms with van der Waals surface area (Å²) in [5.41, 5.74) is -2.75. The third-order valence-corrected chi connectivity index (χ3v) is 6.00. The monoisotopic (exact) mass is 278 g/mol. The van der Waals surface area contributed by atoms with Gasteiger partial charge in [0.1, 0.15) is 6.29 Å². The van der Waals surface area contributed by atoms with E-state index in [0.29, 0.717) is 31.1 Å². The van der Waals surface area contributed by atoms with Gasteiger partial charge in [0, 0.05) is 11.5 Å². The molecule has 1 saturated heterocycles. The molecule has 0 aromatic rings. The van der Waals surface area contributed by atoms with E-state index in [2.05, 4.69) is 13.8 Å². The molecule has 4 rings (SSSR count). The minimum atomic E-state index is -1.26. The van der Waals surface area contributed by atoms with E-state index in [0.717, 1.165) is 0 Å². The molecule has 0 radical (unpaired) electrons. The average molecular weight is 278 g/mol. The summed E-state index contributed by atoms with van der Waals surface area (Å²) in [6, 6.07) is 0. The summed E-state index contributed by atoms with van der Waals surface area (Å²) in [5.74, 6) is -0.739. The number of esters is 1. The molecule has 0 aromatic carbocycles. The second kappa shape index (κ2) is 3.02. The Morgan fingerprint density at radius 2 is 2.05 bits per heavy atom. The van der Waals surface area contributed by atoms with E-state index in [1.165, 1.54) is 0 Å². The number of rotatable bonds is 1. The van der Waals surface area contributed by atoms with Gasteiger partial charge in [0.2, 0.25) is 6.29 Å². The second-order valence-electron chi connectivity index (χ2n) is 7.68.